The summed E-state index contributed by atoms with van der Waals surface area (Å²) in [6.45, 7) is 4.29. The van der Waals surface area contributed by atoms with E-state index < -0.39 is 6.10 Å². The van der Waals surface area contributed by atoms with E-state index in [2.05, 4.69) is 10.00 Å². The molecule has 1 atom stereocenters. The van der Waals surface area contributed by atoms with Crippen molar-refractivity contribution in [3.8, 4) is 0 Å². The summed E-state index contributed by atoms with van der Waals surface area (Å²) in [4.78, 5) is 2.15. The van der Waals surface area contributed by atoms with E-state index in [1.165, 1.54) is 12.1 Å². The molecule has 0 aliphatic carbocycles. The van der Waals surface area contributed by atoms with Crippen molar-refractivity contribution in [2.45, 2.75) is 19.1 Å². The molecule has 1 aromatic carbocycles. The number of β-amino-alcohol motifs (C(OH)–C–C–N with tert-alkyl or cyclic N) is 1. The number of benzene rings is 1. The van der Waals surface area contributed by atoms with E-state index in [0.717, 1.165) is 18.7 Å². The number of likely N-dealkylation sites (tertiary alicyclic amines) is 1. The molecule has 5 heteroatoms. The topological polar surface area (TPSA) is 41.3 Å². The number of nitrogens with zero attached hydrogens (tertiary/aromatic N) is 3. The van der Waals surface area contributed by atoms with E-state index in [9.17, 15) is 9.50 Å². The third kappa shape index (κ3) is 2.73. The molecule has 1 N–H and O–H groups in total. The van der Waals surface area contributed by atoms with Crippen molar-refractivity contribution in [1.82, 2.24) is 14.7 Å². The molecule has 0 bridgehead atoms. The molecule has 2 heterocycles. The van der Waals surface area contributed by atoms with Crippen LogP contribution < -0.4 is 0 Å². The summed E-state index contributed by atoms with van der Waals surface area (Å²) < 4.78 is 15.1. The molecule has 1 aromatic heterocycles. The summed E-state index contributed by atoms with van der Waals surface area (Å²) >= 11 is 0. The minimum Gasteiger partial charge on any atom is -0.387 e. The van der Waals surface area contributed by atoms with Crippen molar-refractivity contribution in [2.75, 3.05) is 19.6 Å². The van der Waals surface area contributed by atoms with Crippen molar-refractivity contribution >= 4 is 0 Å². The van der Waals surface area contributed by atoms with E-state index in [-0.39, 0.29) is 5.82 Å². The number of rotatable bonds is 4. The van der Waals surface area contributed by atoms with Crippen LogP contribution in [0.1, 0.15) is 23.3 Å². The first kappa shape index (κ1) is 13.3. The summed E-state index contributed by atoms with van der Waals surface area (Å²) in [5, 5.41) is 14.4. The minimum absolute atomic E-state index is 0.310. The smallest absolute Gasteiger partial charge is 0.123 e. The zero-order valence-electron chi connectivity index (χ0n) is 11.4. The van der Waals surface area contributed by atoms with Gasteiger partial charge < -0.3 is 5.11 Å². The van der Waals surface area contributed by atoms with Crippen LogP contribution in [0.15, 0.2) is 36.7 Å². The predicted octanol–water partition coefficient (Wildman–Crippen LogP) is 1.92. The molecule has 3 rings (SSSR count). The van der Waals surface area contributed by atoms with Gasteiger partial charge in [-0.2, -0.15) is 5.10 Å². The van der Waals surface area contributed by atoms with Gasteiger partial charge in [0.2, 0.25) is 0 Å². The van der Waals surface area contributed by atoms with Gasteiger partial charge in [0, 0.05) is 25.8 Å². The Kier molecular flexibility index (Phi) is 3.54. The Balaban J connectivity index is 1.53. The predicted molar refractivity (Wildman–Crippen MR) is 73.8 cm³/mol. The van der Waals surface area contributed by atoms with Gasteiger partial charge in [-0.3, -0.25) is 9.58 Å². The van der Waals surface area contributed by atoms with E-state index >= 15 is 0 Å². The van der Waals surface area contributed by atoms with Crippen molar-refractivity contribution in [3.63, 3.8) is 0 Å². The van der Waals surface area contributed by atoms with Gasteiger partial charge in [0.1, 0.15) is 5.82 Å². The normalized spacial score (nSPS) is 17.9. The SMILES string of the molecule is Cc1cnn(C2CN(CC(O)c3cccc(F)c3)C2)c1. The van der Waals surface area contributed by atoms with Crippen LogP contribution in [0.4, 0.5) is 4.39 Å². The van der Waals surface area contributed by atoms with E-state index in [1.54, 1.807) is 12.1 Å². The molecule has 1 fully saturated rings. The molecule has 1 aliphatic rings. The molecular formula is C15H18FN3O. The molecule has 0 amide bonds. The molecule has 0 radical (unpaired) electrons. The lowest BCUT2D eigenvalue weighted by atomic mass is 10.0. The summed E-state index contributed by atoms with van der Waals surface area (Å²) in [5.41, 5.74) is 1.78. The van der Waals surface area contributed by atoms with Crippen molar-refractivity contribution in [1.29, 1.82) is 0 Å². The summed E-state index contributed by atoms with van der Waals surface area (Å²) in [5.74, 6) is -0.310. The Morgan fingerprint density at radius 2 is 2.25 bits per heavy atom. The lowest BCUT2D eigenvalue weighted by Gasteiger charge is -2.40. The van der Waals surface area contributed by atoms with Gasteiger partial charge in [0.15, 0.2) is 0 Å². The second-order valence-electron chi connectivity index (χ2n) is 5.44. The van der Waals surface area contributed by atoms with Crippen LogP contribution in [0.25, 0.3) is 0 Å². The lowest BCUT2D eigenvalue weighted by molar-refractivity contribution is 0.0400. The first-order valence-electron chi connectivity index (χ1n) is 6.78. The maximum Gasteiger partial charge on any atom is 0.123 e. The molecule has 1 aliphatic heterocycles. The Bertz CT molecular complexity index is 592. The molecule has 106 valence electrons. The van der Waals surface area contributed by atoms with Crippen molar-refractivity contribution in [3.05, 3.63) is 53.6 Å². The van der Waals surface area contributed by atoms with E-state index in [0.29, 0.717) is 18.2 Å². The standard InChI is InChI=1S/C15H18FN3O/c1-11-6-17-19(7-11)14-8-18(9-14)10-15(20)12-3-2-4-13(16)5-12/h2-7,14-15,20H,8-10H2,1H3. The Labute approximate surface area is 117 Å². The van der Waals surface area contributed by atoms with Gasteiger partial charge in [0.25, 0.3) is 0 Å². The van der Waals surface area contributed by atoms with Crippen LogP contribution in [0.5, 0.6) is 0 Å². The van der Waals surface area contributed by atoms with Crippen molar-refractivity contribution in [2.24, 2.45) is 0 Å². The molecule has 2 aromatic rings. The maximum absolute atomic E-state index is 13.1. The summed E-state index contributed by atoms with van der Waals surface area (Å²) in [6, 6.07) is 6.53. The lowest BCUT2D eigenvalue weighted by Crippen LogP contribution is -2.49. The third-order valence-electron chi connectivity index (χ3n) is 3.71. The monoisotopic (exact) mass is 275 g/mol. The molecule has 20 heavy (non-hydrogen) atoms. The second kappa shape index (κ2) is 5.34. The third-order valence-corrected chi connectivity index (χ3v) is 3.71. The van der Waals surface area contributed by atoms with Crippen LogP contribution in [-0.2, 0) is 0 Å². The Morgan fingerprint density at radius 1 is 1.45 bits per heavy atom. The number of aliphatic hydroxyl groups is 1. The maximum atomic E-state index is 13.1. The number of halogens is 1. The highest BCUT2D eigenvalue weighted by Crippen LogP contribution is 2.24. The second-order valence-corrected chi connectivity index (χ2v) is 5.44. The van der Waals surface area contributed by atoms with Gasteiger partial charge in [-0.1, -0.05) is 12.1 Å². The molecule has 0 spiro atoms. The molecule has 1 saturated heterocycles. The number of hydrogen-bond acceptors (Lipinski definition) is 3. The molecule has 4 nitrogen and oxygen atoms in total. The average Bonchev–Trinajstić information content (AvgIpc) is 2.79. The van der Waals surface area contributed by atoms with Crippen LogP contribution >= 0.6 is 0 Å². The van der Waals surface area contributed by atoms with E-state index in [1.807, 2.05) is 24.0 Å². The fourth-order valence-electron chi connectivity index (χ4n) is 2.56. The zero-order valence-corrected chi connectivity index (χ0v) is 11.4. The molecule has 1 unspecified atom stereocenters. The number of hydrogen-bond donors (Lipinski definition) is 1. The summed E-state index contributed by atoms with van der Waals surface area (Å²) in [6.07, 6.45) is 3.24. The molecular weight excluding hydrogens is 257 g/mol. The zero-order chi connectivity index (χ0) is 14.1. The largest absolute Gasteiger partial charge is 0.387 e. The van der Waals surface area contributed by atoms with Crippen LogP contribution in [-0.4, -0.2) is 39.4 Å². The highest BCUT2D eigenvalue weighted by molar-refractivity contribution is 5.19. The fraction of sp³-hybridized carbons (Fsp3) is 0.400. The number of aryl methyl sites for hydroxylation is 1. The number of aromatic nitrogens is 2. The first-order valence-corrected chi connectivity index (χ1v) is 6.78. The first-order chi connectivity index (χ1) is 9.61. The number of aliphatic hydroxyl groups excluding tert-OH is 1. The Morgan fingerprint density at radius 3 is 2.90 bits per heavy atom. The van der Waals surface area contributed by atoms with Gasteiger partial charge in [-0.05, 0) is 30.2 Å². The highest BCUT2D eigenvalue weighted by atomic mass is 19.1. The highest BCUT2D eigenvalue weighted by Gasteiger charge is 2.30. The van der Waals surface area contributed by atoms with Gasteiger partial charge in [-0.25, -0.2) is 4.39 Å². The fourth-order valence-corrected chi connectivity index (χ4v) is 2.56. The van der Waals surface area contributed by atoms with Gasteiger partial charge >= 0.3 is 0 Å². The molecule has 0 saturated carbocycles. The van der Waals surface area contributed by atoms with Crippen LogP contribution in [0, 0.1) is 12.7 Å². The van der Waals surface area contributed by atoms with Crippen LogP contribution in [0.3, 0.4) is 0 Å². The minimum atomic E-state index is -0.647. The summed E-state index contributed by atoms with van der Waals surface area (Å²) in [7, 11) is 0. The van der Waals surface area contributed by atoms with Crippen molar-refractivity contribution < 1.29 is 9.50 Å². The van der Waals surface area contributed by atoms with E-state index in [4.69, 9.17) is 0 Å². The quantitative estimate of drug-likeness (QED) is 0.927. The van der Waals surface area contributed by atoms with Gasteiger partial charge in [-0.15, -0.1) is 0 Å². The van der Waals surface area contributed by atoms with Crippen LogP contribution in [0.2, 0.25) is 0 Å². The van der Waals surface area contributed by atoms with Gasteiger partial charge in [0.05, 0.1) is 18.3 Å². The Hall–Kier alpha value is -1.72. The average molecular weight is 275 g/mol.